The number of nitrogens with one attached hydrogen (secondary N) is 1. The maximum absolute atomic E-state index is 9.23. The zero-order chi connectivity index (χ0) is 10.3. The normalized spacial score (nSPS) is 33.5. The SMILES string of the molecule is ONC1C2CC[C@@H]1Cc1ccccc1C2. The summed E-state index contributed by atoms with van der Waals surface area (Å²) in [5.41, 5.74) is 5.52. The van der Waals surface area contributed by atoms with Crippen molar-refractivity contribution in [3.63, 3.8) is 0 Å². The second-order valence-corrected chi connectivity index (χ2v) is 4.93. The summed E-state index contributed by atoms with van der Waals surface area (Å²) in [6.45, 7) is 0. The number of hydrogen-bond donors (Lipinski definition) is 2. The van der Waals surface area contributed by atoms with Crippen LogP contribution in [0.15, 0.2) is 24.3 Å². The smallest absolute Gasteiger partial charge is 0.0382 e. The molecule has 0 radical (unpaired) electrons. The molecule has 2 bridgehead atoms. The van der Waals surface area contributed by atoms with Crippen molar-refractivity contribution < 1.29 is 5.21 Å². The van der Waals surface area contributed by atoms with Gasteiger partial charge in [0.2, 0.25) is 0 Å². The summed E-state index contributed by atoms with van der Waals surface area (Å²) in [5, 5.41) is 9.23. The Labute approximate surface area is 90.3 Å². The molecular formula is C13H17NO. The molecular weight excluding hydrogens is 186 g/mol. The summed E-state index contributed by atoms with van der Waals surface area (Å²) in [4.78, 5) is 0. The van der Waals surface area contributed by atoms with E-state index < -0.39 is 0 Å². The van der Waals surface area contributed by atoms with E-state index >= 15 is 0 Å². The molecule has 80 valence electrons. The molecule has 15 heavy (non-hydrogen) atoms. The molecule has 3 rings (SSSR count). The van der Waals surface area contributed by atoms with Crippen molar-refractivity contribution in [2.75, 3.05) is 0 Å². The Morgan fingerprint density at radius 1 is 1.00 bits per heavy atom. The first-order chi connectivity index (χ1) is 7.38. The molecule has 2 N–H and O–H groups in total. The van der Waals surface area contributed by atoms with Gasteiger partial charge in [0, 0.05) is 6.04 Å². The van der Waals surface area contributed by atoms with Crippen LogP contribution >= 0.6 is 0 Å². The van der Waals surface area contributed by atoms with Crippen molar-refractivity contribution >= 4 is 0 Å². The molecule has 0 aliphatic heterocycles. The molecule has 2 heteroatoms. The monoisotopic (exact) mass is 203 g/mol. The lowest BCUT2D eigenvalue weighted by Gasteiger charge is -2.19. The fourth-order valence-corrected chi connectivity index (χ4v) is 3.36. The number of benzene rings is 1. The van der Waals surface area contributed by atoms with Crippen molar-refractivity contribution in [3.05, 3.63) is 35.4 Å². The first-order valence-corrected chi connectivity index (χ1v) is 5.85. The van der Waals surface area contributed by atoms with E-state index in [0.29, 0.717) is 17.9 Å². The highest BCUT2D eigenvalue weighted by molar-refractivity contribution is 5.30. The van der Waals surface area contributed by atoms with Gasteiger partial charge in [0.15, 0.2) is 0 Å². The molecule has 0 spiro atoms. The van der Waals surface area contributed by atoms with E-state index in [1.807, 2.05) is 0 Å². The Morgan fingerprint density at radius 2 is 1.53 bits per heavy atom. The van der Waals surface area contributed by atoms with E-state index in [-0.39, 0.29) is 0 Å². The number of hydrogen-bond acceptors (Lipinski definition) is 2. The molecule has 1 aromatic carbocycles. The van der Waals surface area contributed by atoms with E-state index in [0.717, 1.165) is 12.8 Å². The molecule has 2 aliphatic carbocycles. The fraction of sp³-hybridized carbons (Fsp3) is 0.538. The molecule has 0 saturated heterocycles. The zero-order valence-electron chi connectivity index (χ0n) is 8.82. The van der Waals surface area contributed by atoms with Crippen LogP contribution in [-0.4, -0.2) is 11.2 Å². The van der Waals surface area contributed by atoms with E-state index in [4.69, 9.17) is 0 Å². The highest BCUT2D eigenvalue weighted by Gasteiger charge is 2.38. The Kier molecular flexibility index (Phi) is 2.26. The van der Waals surface area contributed by atoms with Crippen molar-refractivity contribution in [2.45, 2.75) is 31.7 Å². The molecule has 2 nitrogen and oxygen atoms in total. The first kappa shape index (κ1) is 9.37. The Morgan fingerprint density at radius 3 is 2.00 bits per heavy atom. The van der Waals surface area contributed by atoms with Crippen molar-refractivity contribution in [3.8, 4) is 0 Å². The zero-order valence-corrected chi connectivity index (χ0v) is 8.82. The summed E-state index contributed by atoms with van der Waals surface area (Å²) in [7, 11) is 0. The summed E-state index contributed by atoms with van der Waals surface area (Å²) < 4.78 is 0. The summed E-state index contributed by atoms with van der Waals surface area (Å²) >= 11 is 0. The minimum Gasteiger partial charge on any atom is -0.317 e. The topological polar surface area (TPSA) is 32.3 Å². The largest absolute Gasteiger partial charge is 0.317 e. The highest BCUT2D eigenvalue weighted by atomic mass is 16.5. The standard InChI is InChI=1S/C13H17NO/c15-14-13-11-5-6-12(13)8-10-4-2-1-3-9(10)7-11/h1-4,11-15H,5-8H2/t11-,12?,13?/m1/s1. The lowest BCUT2D eigenvalue weighted by Crippen LogP contribution is -2.35. The average molecular weight is 203 g/mol. The quantitative estimate of drug-likeness (QED) is 0.685. The van der Waals surface area contributed by atoms with Crippen LogP contribution < -0.4 is 5.48 Å². The van der Waals surface area contributed by atoms with Crippen LogP contribution in [0, 0.1) is 11.8 Å². The van der Waals surface area contributed by atoms with Crippen LogP contribution in [0.4, 0.5) is 0 Å². The minimum absolute atomic E-state index is 0.317. The van der Waals surface area contributed by atoms with Crippen LogP contribution in [-0.2, 0) is 12.8 Å². The van der Waals surface area contributed by atoms with Gasteiger partial charge in [-0.05, 0) is 48.6 Å². The average Bonchev–Trinajstić information content (AvgIpc) is 2.54. The Bertz CT molecular complexity index is 330. The van der Waals surface area contributed by atoms with Gasteiger partial charge in [-0.3, -0.25) is 0 Å². The van der Waals surface area contributed by atoms with Gasteiger partial charge in [-0.15, -0.1) is 0 Å². The van der Waals surface area contributed by atoms with E-state index in [1.54, 1.807) is 0 Å². The lowest BCUT2D eigenvalue weighted by molar-refractivity contribution is 0.0895. The third-order valence-corrected chi connectivity index (χ3v) is 4.16. The number of rotatable bonds is 1. The van der Waals surface area contributed by atoms with Crippen molar-refractivity contribution in [1.82, 2.24) is 5.48 Å². The predicted octanol–water partition coefficient (Wildman–Crippen LogP) is 2.16. The molecule has 2 unspecified atom stereocenters. The second-order valence-electron chi connectivity index (χ2n) is 4.93. The minimum atomic E-state index is 0.317. The van der Waals surface area contributed by atoms with Crippen LogP contribution in [0.3, 0.4) is 0 Å². The van der Waals surface area contributed by atoms with E-state index in [1.165, 1.54) is 24.0 Å². The van der Waals surface area contributed by atoms with Crippen LogP contribution in [0.5, 0.6) is 0 Å². The van der Waals surface area contributed by atoms with Gasteiger partial charge in [0.1, 0.15) is 0 Å². The third-order valence-electron chi connectivity index (χ3n) is 4.16. The van der Waals surface area contributed by atoms with Gasteiger partial charge in [-0.25, -0.2) is 5.48 Å². The van der Waals surface area contributed by atoms with Gasteiger partial charge < -0.3 is 5.21 Å². The van der Waals surface area contributed by atoms with Crippen molar-refractivity contribution in [2.24, 2.45) is 11.8 Å². The highest BCUT2D eigenvalue weighted by Crippen LogP contribution is 2.39. The molecule has 2 aliphatic rings. The van der Waals surface area contributed by atoms with Crippen LogP contribution in [0.25, 0.3) is 0 Å². The van der Waals surface area contributed by atoms with E-state index in [9.17, 15) is 5.21 Å². The van der Waals surface area contributed by atoms with Gasteiger partial charge in [-0.1, -0.05) is 24.3 Å². The summed E-state index contributed by atoms with van der Waals surface area (Å²) in [6.07, 6.45) is 4.78. The van der Waals surface area contributed by atoms with Crippen molar-refractivity contribution in [1.29, 1.82) is 0 Å². The maximum Gasteiger partial charge on any atom is 0.0382 e. The molecule has 1 aromatic rings. The molecule has 3 atom stereocenters. The van der Waals surface area contributed by atoms with Crippen LogP contribution in [0.1, 0.15) is 24.0 Å². The lowest BCUT2D eigenvalue weighted by atomic mass is 9.94. The van der Waals surface area contributed by atoms with Gasteiger partial charge in [0.05, 0.1) is 0 Å². The molecule has 1 saturated carbocycles. The first-order valence-electron chi connectivity index (χ1n) is 5.85. The molecule has 0 amide bonds. The maximum atomic E-state index is 9.23. The fourth-order valence-electron chi connectivity index (χ4n) is 3.36. The van der Waals surface area contributed by atoms with Crippen LogP contribution in [0.2, 0.25) is 0 Å². The van der Waals surface area contributed by atoms with Gasteiger partial charge in [0.25, 0.3) is 0 Å². The molecule has 0 heterocycles. The summed E-state index contributed by atoms with van der Waals surface area (Å²) in [5.74, 6) is 1.26. The Balaban J connectivity index is 1.97. The molecule has 1 fully saturated rings. The third kappa shape index (κ3) is 1.48. The Hall–Kier alpha value is -0.860. The number of fused-ring (bicyclic) bond motifs is 3. The molecule has 0 aromatic heterocycles. The predicted molar refractivity (Wildman–Crippen MR) is 58.8 cm³/mol. The van der Waals surface area contributed by atoms with Gasteiger partial charge >= 0.3 is 0 Å². The van der Waals surface area contributed by atoms with E-state index in [2.05, 4.69) is 29.7 Å². The second kappa shape index (κ2) is 3.62. The summed E-state index contributed by atoms with van der Waals surface area (Å²) in [6, 6.07) is 9.05. The number of hydroxylamine groups is 1. The van der Waals surface area contributed by atoms with Gasteiger partial charge in [-0.2, -0.15) is 0 Å².